The van der Waals surface area contributed by atoms with E-state index in [-0.39, 0.29) is 0 Å². The molecule has 0 amide bonds. The number of hydrogen-bond acceptors (Lipinski definition) is 5. The fraction of sp³-hybridized carbons (Fsp3) is 0.467. The molecule has 0 fully saturated rings. The molecule has 20 heavy (non-hydrogen) atoms. The van der Waals surface area contributed by atoms with E-state index in [2.05, 4.69) is 35.0 Å². The first-order valence-electron chi connectivity index (χ1n) is 7.00. The molecule has 5 heteroatoms. The van der Waals surface area contributed by atoms with Gasteiger partial charge >= 0.3 is 0 Å². The summed E-state index contributed by atoms with van der Waals surface area (Å²) >= 11 is 0. The van der Waals surface area contributed by atoms with Crippen LogP contribution in [0.4, 0.5) is 5.69 Å². The maximum atomic E-state index is 5.64. The molecule has 0 saturated carbocycles. The summed E-state index contributed by atoms with van der Waals surface area (Å²) in [5.41, 5.74) is 1.09. The van der Waals surface area contributed by atoms with Gasteiger partial charge < -0.3 is 14.2 Å². The second kappa shape index (κ2) is 5.53. The molecule has 3 rings (SSSR count). The zero-order valence-electron chi connectivity index (χ0n) is 11.9. The van der Waals surface area contributed by atoms with Crippen LogP contribution in [0.1, 0.15) is 25.6 Å². The van der Waals surface area contributed by atoms with Gasteiger partial charge in [-0.2, -0.15) is 4.98 Å². The fourth-order valence-electron chi connectivity index (χ4n) is 2.35. The van der Waals surface area contributed by atoms with E-state index >= 15 is 0 Å². The molecule has 2 aromatic rings. The first-order chi connectivity index (χ1) is 9.72. The Kier molecular flexibility index (Phi) is 3.58. The van der Waals surface area contributed by atoms with Crippen LogP contribution in [0.15, 0.2) is 28.8 Å². The molecule has 0 unspecified atom stereocenters. The number of ether oxygens (including phenoxy) is 1. The second-order valence-corrected chi connectivity index (χ2v) is 5.44. The van der Waals surface area contributed by atoms with Crippen LogP contribution in [0, 0.1) is 5.92 Å². The van der Waals surface area contributed by atoms with Gasteiger partial charge in [0.25, 0.3) is 0 Å². The topological polar surface area (TPSA) is 51.4 Å². The third-order valence-corrected chi connectivity index (χ3v) is 3.25. The minimum absolute atomic E-state index is 0.521. The molecular weight excluding hydrogens is 254 g/mol. The molecule has 1 aliphatic heterocycles. The number of para-hydroxylation sites is 2. The second-order valence-electron chi connectivity index (χ2n) is 5.44. The Balaban J connectivity index is 1.74. The van der Waals surface area contributed by atoms with E-state index in [0.29, 0.717) is 19.1 Å². The molecule has 0 atom stereocenters. The van der Waals surface area contributed by atoms with Crippen LogP contribution in [0.25, 0.3) is 0 Å². The number of hydrogen-bond donors (Lipinski definition) is 0. The van der Waals surface area contributed by atoms with Crippen LogP contribution in [-0.2, 0) is 13.0 Å². The van der Waals surface area contributed by atoms with E-state index < -0.39 is 0 Å². The molecule has 0 bridgehead atoms. The van der Waals surface area contributed by atoms with Crippen molar-refractivity contribution >= 4 is 5.69 Å². The van der Waals surface area contributed by atoms with Crippen LogP contribution in [0.5, 0.6) is 5.75 Å². The number of fused-ring (bicyclic) bond motifs is 1. The van der Waals surface area contributed by atoms with E-state index in [1.807, 2.05) is 18.2 Å². The number of aromatic nitrogens is 2. The number of rotatable bonds is 4. The Morgan fingerprint density at radius 2 is 2.15 bits per heavy atom. The van der Waals surface area contributed by atoms with Gasteiger partial charge in [-0.3, -0.25) is 0 Å². The first kappa shape index (κ1) is 13.0. The SMILES string of the molecule is CC(C)Cc1nc(CN2CCOc3ccccc32)no1. The largest absolute Gasteiger partial charge is 0.490 e. The first-order valence-corrected chi connectivity index (χ1v) is 7.00. The Hall–Kier alpha value is -2.04. The molecule has 5 nitrogen and oxygen atoms in total. The number of nitrogens with zero attached hydrogens (tertiary/aromatic N) is 3. The van der Waals surface area contributed by atoms with Gasteiger partial charge in [0.1, 0.15) is 12.4 Å². The van der Waals surface area contributed by atoms with Crippen LogP contribution in [-0.4, -0.2) is 23.3 Å². The summed E-state index contributed by atoms with van der Waals surface area (Å²) in [6, 6.07) is 8.05. The molecule has 106 valence electrons. The zero-order chi connectivity index (χ0) is 13.9. The molecule has 1 aromatic carbocycles. The average Bonchev–Trinajstić information content (AvgIpc) is 2.86. The summed E-state index contributed by atoms with van der Waals surface area (Å²) in [7, 11) is 0. The van der Waals surface area contributed by atoms with Gasteiger partial charge in [0.15, 0.2) is 5.82 Å². The average molecular weight is 273 g/mol. The van der Waals surface area contributed by atoms with Crippen molar-refractivity contribution in [1.29, 1.82) is 0 Å². The van der Waals surface area contributed by atoms with Crippen molar-refractivity contribution in [3.8, 4) is 5.75 Å². The van der Waals surface area contributed by atoms with Gasteiger partial charge in [0.2, 0.25) is 5.89 Å². The zero-order valence-corrected chi connectivity index (χ0v) is 11.9. The highest BCUT2D eigenvalue weighted by atomic mass is 16.5. The highest BCUT2D eigenvalue weighted by Gasteiger charge is 2.19. The predicted octanol–water partition coefficient (Wildman–Crippen LogP) is 2.67. The molecule has 0 aliphatic carbocycles. The Morgan fingerprint density at radius 1 is 1.30 bits per heavy atom. The predicted molar refractivity (Wildman–Crippen MR) is 75.8 cm³/mol. The normalized spacial score (nSPS) is 14.2. The summed E-state index contributed by atoms with van der Waals surface area (Å²) in [6.45, 7) is 6.46. The van der Waals surface area contributed by atoms with Gasteiger partial charge in [0, 0.05) is 6.42 Å². The molecule has 0 spiro atoms. The van der Waals surface area contributed by atoms with Crippen molar-refractivity contribution in [1.82, 2.24) is 10.1 Å². The van der Waals surface area contributed by atoms with Crippen LogP contribution in [0.3, 0.4) is 0 Å². The summed E-state index contributed by atoms with van der Waals surface area (Å²) in [4.78, 5) is 6.68. The lowest BCUT2D eigenvalue weighted by Crippen LogP contribution is -2.32. The number of benzene rings is 1. The van der Waals surface area contributed by atoms with E-state index in [1.54, 1.807) is 0 Å². The van der Waals surface area contributed by atoms with Crippen molar-refractivity contribution in [2.75, 3.05) is 18.1 Å². The van der Waals surface area contributed by atoms with E-state index in [4.69, 9.17) is 9.26 Å². The minimum Gasteiger partial charge on any atom is -0.490 e. The smallest absolute Gasteiger partial charge is 0.226 e. The molecule has 0 radical (unpaired) electrons. The van der Waals surface area contributed by atoms with Gasteiger partial charge in [-0.05, 0) is 18.1 Å². The van der Waals surface area contributed by atoms with Gasteiger partial charge in [-0.15, -0.1) is 0 Å². The van der Waals surface area contributed by atoms with Crippen molar-refractivity contribution in [2.45, 2.75) is 26.8 Å². The number of anilines is 1. The third kappa shape index (κ3) is 2.76. The highest BCUT2D eigenvalue weighted by Crippen LogP contribution is 2.31. The monoisotopic (exact) mass is 273 g/mol. The fourth-order valence-corrected chi connectivity index (χ4v) is 2.35. The molecular formula is C15H19N3O2. The molecule has 1 aliphatic rings. The minimum atomic E-state index is 0.521. The lowest BCUT2D eigenvalue weighted by Gasteiger charge is -2.30. The summed E-state index contributed by atoms with van der Waals surface area (Å²) in [6.07, 6.45) is 0.826. The molecule has 0 N–H and O–H groups in total. The molecule has 1 aromatic heterocycles. The Morgan fingerprint density at radius 3 is 3.00 bits per heavy atom. The van der Waals surface area contributed by atoms with Crippen LogP contribution < -0.4 is 9.64 Å². The van der Waals surface area contributed by atoms with E-state index in [0.717, 1.165) is 36.1 Å². The maximum Gasteiger partial charge on any atom is 0.226 e. The quantitative estimate of drug-likeness (QED) is 0.857. The summed E-state index contributed by atoms with van der Waals surface area (Å²) in [5.74, 6) is 2.89. The molecule has 2 heterocycles. The van der Waals surface area contributed by atoms with E-state index in [9.17, 15) is 0 Å². The summed E-state index contributed by atoms with van der Waals surface area (Å²) < 4.78 is 10.9. The highest BCUT2D eigenvalue weighted by molar-refractivity contribution is 5.59. The van der Waals surface area contributed by atoms with Crippen molar-refractivity contribution in [2.24, 2.45) is 5.92 Å². The van der Waals surface area contributed by atoms with Gasteiger partial charge in [-0.25, -0.2) is 0 Å². The maximum absolute atomic E-state index is 5.64. The molecule has 0 saturated heterocycles. The van der Waals surface area contributed by atoms with Crippen molar-refractivity contribution in [3.05, 3.63) is 36.0 Å². The van der Waals surface area contributed by atoms with Crippen molar-refractivity contribution in [3.63, 3.8) is 0 Å². The lowest BCUT2D eigenvalue weighted by molar-refractivity contribution is 0.305. The van der Waals surface area contributed by atoms with E-state index in [1.165, 1.54) is 0 Å². The lowest BCUT2D eigenvalue weighted by atomic mass is 10.1. The van der Waals surface area contributed by atoms with Crippen molar-refractivity contribution < 1.29 is 9.26 Å². The Labute approximate surface area is 118 Å². The van der Waals surface area contributed by atoms with Crippen LogP contribution in [0.2, 0.25) is 0 Å². The summed E-state index contributed by atoms with van der Waals surface area (Å²) in [5, 5.41) is 4.07. The van der Waals surface area contributed by atoms with Gasteiger partial charge in [-0.1, -0.05) is 31.1 Å². The Bertz CT molecular complexity index is 580. The third-order valence-electron chi connectivity index (χ3n) is 3.25. The van der Waals surface area contributed by atoms with Crippen LogP contribution >= 0.6 is 0 Å². The standard InChI is InChI=1S/C15H19N3O2/c1-11(2)9-15-16-14(17-20-15)10-18-7-8-19-13-6-4-3-5-12(13)18/h3-6,11H,7-10H2,1-2H3. The van der Waals surface area contributed by atoms with Gasteiger partial charge in [0.05, 0.1) is 18.8 Å².